The number of thioether (sulfide) groups is 1. The molecule has 0 aromatic heterocycles. The van der Waals surface area contributed by atoms with Crippen LogP contribution in [0, 0.1) is 0 Å². The molecule has 0 bridgehead atoms. The van der Waals surface area contributed by atoms with Crippen molar-refractivity contribution in [3.8, 4) is 0 Å². The van der Waals surface area contributed by atoms with Gasteiger partial charge in [0.2, 0.25) is 0 Å². The summed E-state index contributed by atoms with van der Waals surface area (Å²) in [4.78, 5) is 12.1. The van der Waals surface area contributed by atoms with Gasteiger partial charge in [-0.15, -0.1) is 11.8 Å². The molecule has 3 nitrogen and oxygen atoms in total. The van der Waals surface area contributed by atoms with E-state index >= 15 is 0 Å². The minimum Gasteiger partial charge on any atom is -0.462 e. The van der Waals surface area contributed by atoms with Crippen LogP contribution >= 0.6 is 11.8 Å². The van der Waals surface area contributed by atoms with E-state index in [-0.39, 0.29) is 16.9 Å². The Bertz CT molecular complexity index is 501. The standard InChI is InChI=1S/C15H21F2NO2S/c1-5-20-13(19)15(16,17)12(18)10-8-6-7-9-11(10)21-14(2,3)4/h6-9,12H,5,18H2,1-4H3/t12-/m0/s1. The molecule has 0 aliphatic heterocycles. The topological polar surface area (TPSA) is 52.3 Å². The van der Waals surface area contributed by atoms with Gasteiger partial charge in [-0.2, -0.15) is 8.78 Å². The van der Waals surface area contributed by atoms with Crippen molar-refractivity contribution < 1.29 is 18.3 Å². The van der Waals surface area contributed by atoms with Gasteiger partial charge in [-0.1, -0.05) is 39.0 Å². The Kier molecular flexibility index (Phi) is 5.75. The summed E-state index contributed by atoms with van der Waals surface area (Å²) in [6.07, 6.45) is 0. The number of rotatable bonds is 5. The van der Waals surface area contributed by atoms with Crippen LogP contribution in [-0.2, 0) is 9.53 Å². The fraction of sp³-hybridized carbons (Fsp3) is 0.533. The number of hydrogen-bond acceptors (Lipinski definition) is 4. The molecular formula is C15H21F2NO2S. The summed E-state index contributed by atoms with van der Waals surface area (Å²) in [5, 5.41) is 0. The molecule has 2 N–H and O–H groups in total. The van der Waals surface area contributed by atoms with Gasteiger partial charge in [-0.25, -0.2) is 4.79 Å². The lowest BCUT2D eigenvalue weighted by atomic mass is 10.0. The van der Waals surface area contributed by atoms with Gasteiger partial charge in [0.25, 0.3) is 0 Å². The molecule has 0 saturated carbocycles. The van der Waals surface area contributed by atoms with Gasteiger partial charge < -0.3 is 10.5 Å². The van der Waals surface area contributed by atoms with Crippen molar-refractivity contribution in [3.63, 3.8) is 0 Å². The highest BCUT2D eigenvalue weighted by Crippen LogP contribution is 2.40. The van der Waals surface area contributed by atoms with E-state index in [1.54, 1.807) is 18.2 Å². The Morgan fingerprint density at radius 2 is 1.90 bits per heavy atom. The quantitative estimate of drug-likeness (QED) is 0.663. The van der Waals surface area contributed by atoms with E-state index in [0.717, 1.165) is 0 Å². The highest BCUT2D eigenvalue weighted by Gasteiger charge is 2.48. The number of carbonyl (C=O) groups excluding carboxylic acids is 1. The zero-order chi connectivity index (χ0) is 16.3. The summed E-state index contributed by atoms with van der Waals surface area (Å²) < 4.78 is 32.4. The van der Waals surface area contributed by atoms with Crippen LogP contribution in [0.1, 0.15) is 39.3 Å². The summed E-state index contributed by atoms with van der Waals surface area (Å²) in [5.74, 6) is -5.35. The Labute approximate surface area is 128 Å². The molecule has 0 unspecified atom stereocenters. The van der Waals surface area contributed by atoms with E-state index in [9.17, 15) is 13.6 Å². The van der Waals surface area contributed by atoms with Crippen molar-refractivity contribution in [1.82, 2.24) is 0 Å². The third-order valence-corrected chi connectivity index (χ3v) is 3.81. The maximum Gasteiger partial charge on any atom is 0.379 e. The van der Waals surface area contributed by atoms with E-state index < -0.39 is 17.9 Å². The van der Waals surface area contributed by atoms with Crippen LogP contribution in [0.25, 0.3) is 0 Å². The van der Waals surface area contributed by atoms with Crippen molar-refractivity contribution >= 4 is 17.7 Å². The molecule has 21 heavy (non-hydrogen) atoms. The molecule has 1 atom stereocenters. The van der Waals surface area contributed by atoms with Gasteiger partial charge in [0.05, 0.1) is 6.61 Å². The monoisotopic (exact) mass is 317 g/mol. The minimum atomic E-state index is -3.76. The SMILES string of the molecule is CCOC(=O)C(F)(F)[C@@H](N)c1ccccc1SC(C)(C)C. The molecular weight excluding hydrogens is 296 g/mol. The zero-order valence-corrected chi connectivity index (χ0v) is 13.5. The molecule has 118 valence electrons. The van der Waals surface area contributed by atoms with Crippen LogP contribution in [0.15, 0.2) is 29.2 Å². The van der Waals surface area contributed by atoms with Gasteiger partial charge >= 0.3 is 11.9 Å². The molecule has 0 fully saturated rings. The van der Waals surface area contributed by atoms with Gasteiger partial charge in [0, 0.05) is 9.64 Å². The molecule has 0 radical (unpaired) electrons. The van der Waals surface area contributed by atoms with Crippen molar-refractivity contribution in [3.05, 3.63) is 29.8 Å². The smallest absolute Gasteiger partial charge is 0.379 e. The van der Waals surface area contributed by atoms with Crippen LogP contribution in [-0.4, -0.2) is 23.2 Å². The number of halogens is 2. The third kappa shape index (κ3) is 4.68. The number of ether oxygens (including phenoxy) is 1. The first-order chi connectivity index (χ1) is 9.59. The normalized spacial score (nSPS) is 13.9. The fourth-order valence-electron chi connectivity index (χ4n) is 1.71. The summed E-state index contributed by atoms with van der Waals surface area (Å²) in [6, 6.07) is 4.90. The Balaban J connectivity index is 3.12. The second kappa shape index (κ2) is 6.75. The minimum absolute atomic E-state index is 0.112. The summed E-state index contributed by atoms with van der Waals surface area (Å²) in [7, 11) is 0. The molecule has 1 aromatic rings. The number of benzene rings is 1. The Morgan fingerprint density at radius 3 is 2.43 bits per heavy atom. The molecule has 0 amide bonds. The third-order valence-electron chi connectivity index (χ3n) is 2.61. The lowest BCUT2D eigenvalue weighted by Gasteiger charge is -2.26. The number of hydrogen-bond donors (Lipinski definition) is 1. The van der Waals surface area contributed by atoms with E-state index in [4.69, 9.17) is 5.73 Å². The van der Waals surface area contributed by atoms with Crippen LogP contribution in [0.2, 0.25) is 0 Å². The van der Waals surface area contributed by atoms with Crippen molar-refractivity contribution in [2.24, 2.45) is 5.73 Å². The molecule has 0 aliphatic rings. The van der Waals surface area contributed by atoms with Gasteiger partial charge in [0.15, 0.2) is 0 Å². The van der Waals surface area contributed by atoms with Crippen LogP contribution in [0.5, 0.6) is 0 Å². The first kappa shape index (κ1) is 17.9. The molecule has 0 aliphatic carbocycles. The Morgan fingerprint density at radius 1 is 1.33 bits per heavy atom. The van der Waals surface area contributed by atoms with Crippen molar-refractivity contribution in [2.75, 3.05) is 6.61 Å². The predicted octanol–water partition coefficient (Wildman–Crippen LogP) is 3.78. The largest absolute Gasteiger partial charge is 0.462 e. The molecule has 0 spiro atoms. The fourth-order valence-corrected chi connectivity index (χ4v) is 2.83. The van der Waals surface area contributed by atoms with Gasteiger partial charge in [-0.05, 0) is 18.6 Å². The average molecular weight is 317 g/mol. The average Bonchev–Trinajstić information content (AvgIpc) is 2.37. The summed E-state index contributed by atoms with van der Waals surface area (Å²) >= 11 is 1.43. The Hall–Kier alpha value is -1.14. The molecule has 1 aromatic carbocycles. The number of nitrogens with two attached hydrogens (primary N) is 1. The second-order valence-electron chi connectivity index (χ2n) is 5.57. The predicted molar refractivity (Wildman–Crippen MR) is 80.6 cm³/mol. The zero-order valence-electron chi connectivity index (χ0n) is 12.7. The lowest BCUT2D eigenvalue weighted by Crippen LogP contribution is -2.42. The molecule has 0 saturated heterocycles. The summed E-state index contributed by atoms with van der Waals surface area (Å²) in [5.41, 5.74) is 5.91. The highest BCUT2D eigenvalue weighted by atomic mass is 32.2. The molecule has 1 rings (SSSR count). The molecule has 6 heteroatoms. The van der Waals surface area contributed by atoms with Crippen molar-refractivity contribution in [2.45, 2.75) is 49.3 Å². The van der Waals surface area contributed by atoms with Gasteiger partial charge in [-0.3, -0.25) is 0 Å². The number of alkyl halides is 2. The maximum absolute atomic E-state index is 14.1. The van der Waals surface area contributed by atoms with E-state index in [0.29, 0.717) is 4.90 Å². The maximum atomic E-state index is 14.1. The summed E-state index contributed by atoms with van der Waals surface area (Å²) in [6.45, 7) is 7.29. The van der Waals surface area contributed by atoms with Crippen molar-refractivity contribution in [1.29, 1.82) is 0 Å². The number of carbonyl (C=O) groups is 1. The van der Waals surface area contributed by atoms with E-state index in [1.807, 2.05) is 20.8 Å². The van der Waals surface area contributed by atoms with Crippen LogP contribution < -0.4 is 5.73 Å². The second-order valence-corrected chi connectivity index (χ2v) is 7.44. The first-order valence-corrected chi connectivity index (χ1v) is 7.49. The lowest BCUT2D eigenvalue weighted by molar-refractivity contribution is -0.174. The molecule has 0 heterocycles. The highest BCUT2D eigenvalue weighted by molar-refractivity contribution is 8.00. The number of esters is 1. The van der Waals surface area contributed by atoms with Crippen LogP contribution in [0.4, 0.5) is 8.78 Å². The first-order valence-electron chi connectivity index (χ1n) is 6.68. The van der Waals surface area contributed by atoms with Crippen LogP contribution in [0.3, 0.4) is 0 Å². The van der Waals surface area contributed by atoms with E-state index in [1.165, 1.54) is 24.8 Å². The van der Waals surface area contributed by atoms with E-state index in [2.05, 4.69) is 4.74 Å². The van der Waals surface area contributed by atoms with Gasteiger partial charge in [0.1, 0.15) is 6.04 Å².